The number of amides is 1. The first-order valence-electron chi connectivity index (χ1n) is 7.04. The number of ether oxygens (including phenoxy) is 1. The van der Waals surface area contributed by atoms with Crippen LogP contribution in [0.4, 0.5) is 4.39 Å². The van der Waals surface area contributed by atoms with Gasteiger partial charge in [-0.1, -0.05) is 0 Å². The third kappa shape index (κ3) is 5.31. The summed E-state index contributed by atoms with van der Waals surface area (Å²) in [4.78, 5) is 25.4. The third-order valence-corrected chi connectivity index (χ3v) is 4.31. The van der Waals surface area contributed by atoms with Crippen molar-refractivity contribution in [3.8, 4) is 0 Å². The minimum atomic E-state index is -0.925. The van der Waals surface area contributed by atoms with E-state index in [4.69, 9.17) is 9.84 Å². The molecule has 0 bridgehead atoms. The second-order valence-corrected chi connectivity index (χ2v) is 6.15. The van der Waals surface area contributed by atoms with Gasteiger partial charge in [0.05, 0.1) is 19.1 Å². The lowest BCUT2D eigenvalue weighted by molar-refractivity contribution is -0.147. The Bertz CT molecular complexity index is 523. The van der Waals surface area contributed by atoms with Crippen LogP contribution < -0.4 is 0 Å². The second-order valence-electron chi connectivity index (χ2n) is 4.98. The van der Waals surface area contributed by atoms with E-state index in [1.54, 1.807) is 17.0 Å². The predicted molar refractivity (Wildman–Crippen MR) is 80.3 cm³/mol. The summed E-state index contributed by atoms with van der Waals surface area (Å²) in [6.45, 7) is 1.19. The Balaban J connectivity index is 1.74. The summed E-state index contributed by atoms with van der Waals surface area (Å²) in [7, 11) is 0. The second kappa shape index (κ2) is 8.14. The highest BCUT2D eigenvalue weighted by molar-refractivity contribution is 7.99. The SMILES string of the molecule is O=C(O)CC1CN(C(=O)CCSc2ccc(F)cc2)CCO1. The molecule has 1 aliphatic heterocycles. The normalized spacial score (nSPS) is 18.2. The van der Waals surface area contributed by atoms with Crippen LogP contribution in [0.15, 0.2) is 29.2 Å². The Morgan fingerprint density at radius 3 is 2.77 bits per heavy atom. The van der Waals surface area contributed by atoms with E-state index in [2.05, 4.69) is 0 Å². The number of hydrogen-bond acceptors (Lipinski definition) is 4. The average molecular weight is 327 g/mol. The maximum absolute atomic E-state index is 12.8. The predicted octanol–water partition coefficient (Wildman–Crippen LogP) is 2.01. The minimum Gasteiger partial charge on any atom is -0.481 e. The van der Waals surface area contributed by atoms with Gasteiger partial charge >= 0.3 is 5.97 Å². The van der Waals surface area contributed by atoms with Crippen LogP contribution in [0.3, 0.4) is 0 Å². The maximum Gasteiger partial charge on any atom is 0.306 e. The number of carboxylic acids is 1. The molecule has 0 aliphatic carbocycles. The topological polar surface area (TPSA) is 66.8 Å². The van der Waals surface area contributed by atoms with Crippen molar-refractivity contribution in [2.75, 3.05) is 25.4 Å². The zero-order chi connectivity index (χ0) is 15.9. The van der Waals surface area contributed by atoms with Crippen LogP contribution in [-0.4, -0.2) is 53.4 Å². The summed E-state index contributed by atoms with van der Waals surface area (Å²) in [6.07, 6.45) is -0.157. The van der Waals surface area contributed by atoms with E-state index >= 15 is 0 Å². The van der Waals surface area contributed by atoms with E-state index in [1.165, 1.54) is 23.9 Å². The van der Waals surface area contributed by atoms with Crippen molar-refractivity contribution < 1.29 is 23.8 Å². The quantitative estimate of drug-likeness (QED) is 0.810. The van der Waals surface area contributed by atoms with Crippen LogP contribution in [0.1, 0.15) is 12.8 Å². The van der Waals surface area contributed by atoms with Crippen molar-refractivity contribution in [3.63, 3.8) is 0 Å². The van der Waals surface area contributed by atoms with Gasteiger partial charge in [0.15, 0.2) is 0 Å². The lowest BCUT2D eigenvalue weighted by atomic mass is 10.2. The van der Waals surface area contributed by atoms with Crippen LogP contribution in [0.2, 0.25) is 0 Å². The van der Waals surface area contributed by atoms with E-state index < -0.39 is 12.1 Å². The van der Waals surface area contributed by atoms with Gasteiger partial charge in [0, 0.05) is 30.2 Å². The van der Waals surface area contributed by atoms with Crippen LogP contribution >= 0.6 is 11.8 Å². The highest BCUT2D eigenvalue weighted by atomic mass is 32.2. The molecule has 1 aromatic rings. The molecule has 1 aromatic carbocycles. The molecule has 5 nitrogen and oxygen atoms in total. The molecule has 1 atom stereocenters. The van der Waals surface area contributed by atoms with Crippen molar-refractivity contribution in [2.45, 2.75) is 23.8 Å². The first-order valence-corrected chi connectivity index (χ1v) is 8.02. The van der Waals surface area contributed by atoms with Crippen molar-refractivity contribution >= 4 is 23.6 Å². The molecule has 1 amide bonds. The number of benzene rings is 1. The molecular weight excluding hydrogens is 309 g/mol. The summed E-state index contributed by atoms with van der Waals surface area (Å²) >= 11 is 1.49. The molecule has 2 rings (SSSR count). The molecular formula is C15H18FNO4S. The first-order chi connectivity index (χ1) is 10.5. The van der Waals surface area contributed by atoms with Gasteiger partial charge in [-0.3, -0.25) is 9.59 Å². The lowest BCUT2D eigenvalue weighted by Crippen LogP contribution is -2.46. The number of morpholine rings is 1. The molecule has 0 spiro atoms. The number of halogens is 1. The third-order valence-electron chi connectivity index (χ3n) is 3.29. The zero-order valence-corrected chi connectivity index (χ0v) is 12.9. The number of nitrogens with zero attached hydrogens (tertiary/aromatic N) is 1. The van der Waals surface area contributed by atoms with Crippen LogP contribution in [0.5, 0.6) is 0 Å². The largest absolute Gasteiger partial charge is 0.481 e. The Hall–Kier alpha value is -1.60. The Morgan fingerprint density at radius 1 is 1.36 bits per heavy atom. The monoisotopic (exact) mass is 327 g/mol. The standard InChI is InChI=1S/C15H18FNO4S/c16-11-1-3-13(4-2-11)22-8-5-14(18)17-6-7-21-12(10-17)9-15(19)20/h1-4,12H,5-10H2,(H,19,20). The van der Waals surface area contributed by atoms with Gasteiger partial charge in [-0.15, -0.1) is 11.8 Å². The van der Waals surface area contributed by atoms with E-state index in [0.29, 0.717) is 31.9 Å². The zero-order valence-electron chi connectivity index (χ0n) is 12.0. The molecule has 7 heteroatoms. The van der Waals surface area contributed by atoms with Crippen LogP contribution in [0.25, 0.3) is 0 Å². The summed E-state index contributed by atoms with van der Waals surface area (Å²) in [5.74, 6) is -0.608. The molecule has 0 saturated carbocycles. The fraction of sp³-hybridized carbons (Fsp3) is 0.467. The molecule has 1 fully saturated rings. The number of rotatable bonds is 6. The molecule has 22 heavy (non-hydrogen) atoms. The van der Waals surface area contributed by atoms with Crippen molar-refractivity contribution in [2.24, 2.45) is 0 Å². The molecule has 1 N–H and O–H groups in total. The number of thioether (sulfide) groups is 1. The van der Waals surface area contributed by atoms with Gasteiger partial charge in [0.25, 0.3) is 0 Å². The maximum atomic E-state index is 12.8. The van der Waals surface area contributed by atoms with Crippen molar-refractivity contribution in [1.29, 1.82) is 0 Å². The molecule has 120 valence electrons. The number of aliphatic carboxylic acids is 1. The minimum absolute atomic E-state index is 0.00620. The van der Waals surface area contributed by atoms with E-state index in [1.807, 2.05) is 0 Å². The number of hydrogen-bond donors (Lipinski definition) is 1. The molecule has 0 aromatic heterocycles. The summed E-state index contributed by atoms with van der Waals surface area (Å²) < 4.78 is 18.1. The average Bonchev–Trinajstić information content (AvgIpc) is 2.49. The Labute approximate surface area is 132 Å². The van der Waals surface area contributed by atoms with E-state index in [-0.39, 0.29) is 18.1 Å². The van der Waals surface area contributed by atoms with Gasteiger partial charge in [0.2, 0.25) is 5.91 Å². The molecule has 1 saturated heterocycles. The van der Waals surface area contributed by atoms with Gasteiger partial charge in [0.1, 0.15) is 5.82 Å². The summed E-state index contributed by atoms with van der Waals surface area (Å²) in [5, 5.41) is 8.76. The Morgan fingerprint density at radius 2 is 2.09 bits per heavy atom. The highest BCUT2D eigenvalue weighted by Gasteiger charge is 2.25. The lowest BCUT2D eigenvalue weighted by Gasteiger charge is -2.32. The van der Waals surface area contributed by atoms with Crippen molar-refractivity contribution in [1.82, 2.24) is 4.90 Å². The molecule has 1 aliphatic rings. The van der Waals surface area contributed by atoms with Gasteiger partial charge in [-0.2, -0.15) is 0 Å². The van der Waals surface area contributed by atoms with E-state index in [0.717, 1.165) is 4.90 Å². The smallest absolute Gasteiger partial charge is 0.306 e. The summed E-state index contributed by atoms with van der Waals surface area (Å²) in [6, 6.07) is 6.15. The number of carbonyl (C=O) groups is 2. The molecule has 1 heterocycles. The Kier molecular flexibility index (Phi) is 6.21. The fourth-order valence-electron chi connectivity index (χ4n) is 2.21. The molecule has 1 unspecified atom stereocenters. The van der Waals surface area contributed by atoms with Gasteiger partial charge in [-0.25, -0.2) is 4.39 Å². The van der Waals surface area contributed by atoms with Crippen LogP contribution in [-0.2, 0) is 14.3 Å². The summed E-state index contributed by atoms with van der Waals surface area (Å²) in [5.41, 5.74) is 0. The van der Waals surface area contributed by atoms with Crippen LogP contribution in [0, 0.1) is 5.82 Å². The molecule has 0 radical (unpaired) electrons. The number of carboxylic acid groups (broad SMARTS) is 1. The van der Waals surface area contributed by atoms with Gasteiger partial charge < -0.3 is 14.7 Å². The van der Waals surface area contributed by atoms with Gasteiger partial charge in [-0.05, 0) is 24.3 Å². The first kappa shape index (κ1) is 16.8. The van der Waals surface area contributed by atoms with E-state index in [9.17, 15) is 14.0 Å². The van der Waals surface area contributed by atoms with Crippen molar-refractivity contribution in [3.05, 3.63) is 30.1 Å². The fourth-order valence-corrected chi connectivity index (χ4v) is 3.05. The highest BCUT2D eigenvalue weighted by Crippen LogP contribution is 2.19. The number of carbonyl (C=O) groups excluding carboxylic acids is 1.